The first-order valence-corrected chi connectivity index (χ1v) is 6.85. The van der Waals surface area contributed by atoms with E-state index in [-0.39, 0.29) is 11.7 Å². The van der Waals surface area contributed by atoms with E-state index in [0.29, 0.717) is 19.3 Å². The van der Waals surface area contributed by atoms with E-state index in [1.54, 1.807) is 13.8 Å². The second-order valence-corrected chi connectivity index (χ2v) is 7.91. The molecule has 0 amide bonds. The first-order valence-electron chi connectivity index (χ1n) is 5.20. The van der Waals surface area contributed by atoms with Crippen molar-refractivity contribution in [3.8, 4) is 0 Å². The molecule has 4 nitrogen and oxygen atoms in total. The molecule has 1 heterocycles. The first kappa shape index (κ1) is 10.9. The summed E-state index contributed by atoms with van der Waals surface area (Å²) in [5.74, 6) is -0.898. The van der Waals surface area contributed by atoms with Gasteiger partial charge in [0.25, 0.3) is 0 Å². The van der Waals surface area contributed by atoms with Crippen molar-refractivity contribution >= 4 is 15.8 Å². The van der Waals surface area contributed by atoms with Crippen molar-refractivity contribution in [1.82, 2.24) is 0 Å². The lowest BCUT2D eigenvalue weighted by atomic mass is 9.78. The average Bonchev–Trinajstić information content (AvgIpc) is 2.80. The van der Waals surface area contributed by atoms with Crippen LogP contribution in [0.2, 0.25) is 0 Å². The second-order valence-electron chi connectivity index (χ2n) is 5.22. The van der Waals surface area contributed by atoms with E-state index in [0.717, 1.165) is 0 Å². The zero-order chi connectivity index (χ0) is 11.5. The molecule has 0 bridgehead atoms. The van der Waals surface area contributed by atoms with Crippen LogP contribution < -0.4 is 0 Å². The van der Waals surface area contributed by atoms with Gasteiger partial charge >= 0.3 is 5.97 Å². The Labute approximate surface area is 89.6 Å². The fourth-order valence-electron chi connectivity index (χ4n) is 2.89. The molecule has 1 saturated heterocycles. The summed E-state index contributed by atoms with van der Waals surface area (Å²) in [7, 11) is -3.11. The summed E-state index contributed by atoms with van der Waals surface area (Å²) in [6, 6.07) is 0. The van der Waals surface area contributed by atoms with E-state index in [1.807, 2.05) is 0 Å². The highest BCUT2D eigenvalue weighted by Crippen LogP contribution is 2.60. The SMILES string of the molecule is CC1(C)C(C2(C(=O)O)CC2)CCS1(=O)=O. The highest BCUT2D eigenvalue weighted by molar-refractivity contribution is 7.93. The van der Waals surface area contributed by atoms with Crippen LogP contribution in [0.1, 0.15) is 33.1 Å². The Morgan fingerprint density at radius 2 is 1.87 bits per heavy atom. The number of carboxylic acids is 1. The van der Waals surface area contributed by atoms with Crippen LogP contribution in [0.5, 0.6) is 0 Å². The molecule has 1 atom stereocenters. The van der Waals surface area contributed by atoms with Crippen LogP contribution >= 0.6 is 0 Å². The van der Waals surface area contributed by atoms with Gasteiger partial charge in [-0.25, -0.2) is 8.42 Å². The van der Waals surface area contributed by atoms with Gasteiger partial charge in [-0.2, -0.15) is 0 Å². The predicted octanol–water partition coefficient (Wildman–Crippen LogP) is 1.06. The third-order valence-electron chi connectivity index (χ3n) is 4.20. The van der Waals surface area contributed by atoms with Crippen LogP contribution in [-0.2, 0) is 14.6 Å². The normalized spacial score (nSPS) is 34.9. The lowest BCUT2D eigenvalue weighted by Crippen LogP contribution is -2.41. The van der Waals surface area contributed by atoms with E-state index >= 15 is 0 Å². The second kappa shape index (κ2) is 2.75. The monoisotopic (exact) mass is 232 g/mol. The molecule has 1 aliphatic heterocycles. The fourth-order valence-corrected chi connectivity index (χ4v) is 4.74. The van der Waals surface area contributed by atoms with Crippen LogP contribution in [0, 0.1) is 11.3 Å². The number of hydrogen-bond donors (Lipinski definition) is 1. The molecule has 0 aromatic rings. The average molecular weight is 232 g/mol. The summed E-state index contributed by atoms with van der Waals surface area (Å²) < 4.78 is 22.7. The molecule has 0 spiro atoms. The van der Waals surface area contributed by atoms with Gasteiger partial charge in [0.05, 0.1) is 15.9 Å². The molecule has 1 saturated carbocycles. The summed E-state index contributed by atoms with van der Waals surface area (Å²) >= 11 is 0. The van der Waals surface area contributed by atoms with Crippen LogP contribution in [0.15, 0.2) is 0 Å². The minimum absolute atomic E-state index is 0.139. The van der Waals surface area contributed by atoms with Gasteiger partial charge < -0.3 is 5.11 Å². The highest BCUT2D eigenvalue weighted by atomic mass is 32.2. The molecule has 1 aliphatic carbocycles. The lowest BCUT2D eigenvalue weighted by molar-refractivity contribution is -0.146. The first-order chi connectivity index (χ1) is 6.74. The van der Waals surface area contributed by atoms with Gasteiger partial charge in [0.15, 0.2) is 9.84 Å². The molecule has 2 rings (SSSR count). The van der Waals surface area contributed by atoms with Gasteiger partial charge in [-0.1, -0.05) is 0 Å². The van der Waals surface area contributed by atoms with Crippen LogP contribution in [-0.4, -0.2) is 30.0 Å². The van der Waals surface area contributed by atoms with Crippen molar-refractivity contribution in [2.45, 2.75) is 37.9 Å². The molecule has 1 unspecified atom stereocenters. The largest absolute Gasteiger partial charge is 0.481 e. The molecule has 15 heavy (non-hydrogen) atoms. The number of sulfone groups is 1. The molecule has 0 aromatic carbocycles. The molecule has 5 heteroatoms. The molecule has 0 radical (unpaired) electrons. The molecule has 2 fully saturated rings. The maximum Gasteiger partial charge on any atom is 0.309 e. The van der Waals surface area contributed by atoms with Crippen molar-refractivity contribution in [3.05, 3.63) is 0 Å². The summed E-state index contributed by atoms with van der Waals surface area (Å²) in [5, 5.41) is 9.17. The predicted molar refractivity (Wildman–Crippen MR) is 55.3 cm³/mol. The minimum atomic E-state index is -3.11. The van der Waals surface area contributed by atoms with Crippen LogP contribution in [0.4, 0.5) is 0 Å². The molecular weight excluding hydrogens is 216 g/mol. The van der Waals surface area contributed by atoms with Crippen molar-refractivity contribution in [3.63, 3.8) is 0 Å². The number of hydrogen-bond acceptors (Lipinski definition) is 3. The van der Waals surface area contributed by atoms with E-state index < -0.39 is 26.0 Å². The lowest BCUT2D eigenvalue weighted by Gasteiger charge is -2.30. The molecule has 2 aliphatic rings. The summed E-state index contributed by atoms with van der Waals surface area (Å²) in [5.41, 5.74) is -0.743. The third kappa shape index (κ3) is 1.25. The molecule has 86 valence electrons. The van der Waals surface area contributed by atoms with Crippen molar-refractivity contribution in [1.29, 1.82) is 0 Å². The van der Waals surface area contributed by atoms with Gasteiger partial charge in [0.1, 0.15) is 0 Å². The number of rotatable bonds is 2. The van der Waals surface area contributed by atoms with Crippen molar-refractivity contribution in [2.24, 2.45) is 11.3 Å². The molecule has 1 N–H and O–H groups in total. The number of carboxylic acid groups (broad SMARTS) is 1. The maximum atomic E-state index is 11.8. The highest BCUT2D eigenvalue weighted by Gasteiger charge is 2.65. The van der Waals surface area contributed by atoms with E-state index in [1.165, 1.54) is 0 Å². The van der Waals surface area contributed by atoms with Crippen molar-refractivity contribution < 1.29 is 18.3 Å². The zero-order valence-corrected chi connectivity index (χ0v) is 9.80. The van der Waals surface area contributed by atoms with E-state index in [4.69, 9.17) is 0 Å². The van der Waals surface area contributed by atoms with Gasteiger partial charge in [0, 0.05) is 0 Å². The Morgan fingerprint density at radius 1 is 1.33 bits per heavy atom. The summed E-state index contributed by atoms with van der Waals surface area (Å²) in [6.45, 7) is 3.34. The van der Waals surface area contributed by atoms with Crippen molar-refractivity contribution in [2.75, 3.05) is 5.75 Å². The maximum absolute atomic E-state index is 11.8. The van der Waals surface area contributed by atoms with Gasteiger partial charge in [-0.15, -0.1) is 0 Å². The third-order valence-corrected chi connectivity index (χ3v) is 6.86. The standard InChI is InChI=1S/C10H16O4S/c1-9(2)7(3-6-15(9,13)14)10(4-5-10)8(11)12/h7H,3-6H2,1-2H3,(H,11,12). The van der Waals surface area contributed by atoms with E-state index in [9.17, 15) is 18.3 Å². The Hall–Kier alpha value is -0.580. The number of carbonyl (C=O) groups is 1. The quantitative estimate of drug-likeness (QED) is 0.773. The van der Waals surface area contributed by atoms with Gasteiger partial charge in [-0.05, 0) is 39.0 Å². The van der Waals surface area contributed by atoms with Crippen LogP contribution in [0.25, 0.3) is 0 Å². The smallest absolute Gasteiger partial charge is 0.309 e. The Balaban J connectivity index is 2.39. The van der Waals surface area contributed by atoms with Crippen LogP contribution in [0.3, 0.4) is 0 Å². The molecule has 0 aromatic heterocycles. The van der Waals surface area contributed by atoms with Gasteiger partial charge in [0.2, 0.25) is 0 Å². The Kier molecular flexibility index (Phi) is 2.00. The number of aliphatic carboxylic acids is 1. The summed E-state index contributed by atoms with van der Waals surface area (Å²) in [6.07, 6.45) is 1.76. The summed E-state index contributed by atoms with van der Waals surface area (Å²) in [4.78, 5) is 11.2. The topological polar surface area (TPSA) is 71.4 Å². The van der Waals surface area contributed by atoms with E-state index in [2.05, 4.69) is 0 Å². The minimum Gasteiger partial charge on any atom is -0.481 e. The van der Waals surface area contributed by atoms with Gasteiger partial charge in [-0.3, -0.25) is 4.79 Å². The molecular formula is C10H16O4S. The Morgan fingerprint density at radius 3 is 2.13 bits per heavy atom. The fraction of sp³-hybridized carbons (Fsp3) is 0.900. The zero-order valence-electron chi connectivity index (χ0n) is 8.99. The Bertz CT molecular complexity index is 403.